The van der Waals surface area contributed by atoms with Crippen LogP contribution in [0.3, 0.4) is 0 Å². The number of nitrogens with zero attached hydrogens (tertiary/aromatic N) is 4. The SMILES string of the molecule is Cc1ccc2c(c1)Cc1nc(Cc3cccnc3)nc(NCCCN3CCCCC3)c1-2.O=C=O. The van der Waals surface area contributed by atoms with Crippen molar-refractivity contribution in [2.75, 3.05) is 31.5 Å². The molecule has 5 rings (SSSR count). The molecule has 0 bridgehead atoms. The standard InChI is InChI=1S/C26H31N5.CO2/c1-19-8-9-22-21(15-19)17-23-25(22)26(28-11-6-14-31-12-3-2-4-13-31)30-24(29-23)16-20-7-5-10-27-18-20;2-1-3/h5,7-10,15,18H,2-4,6,11-14,16-17H2,1H3,(H,28,29,30);. The van der Waals surface area contributed by atoms with E-state index in [1.54, 1.807) is 6.20 Å². The summed E-state index contributed by atoms with van der Waals surface area (Å²) in [7, 11) is 0. The van der Waals surface area contributed by atoms with Crippen molar-refractivity contribution >= 4 is 12.0 Å². The zero-order chi connectivity index (χ0) is 23.8. The second kappa shape index (κ2) is 11.6. The van der Waals surface area contributed by atoms with Gasteiger partial charge in [0, 0.05) is 37.3 Å². The summed E-state index contributed by atoms with van der Waals surface area (Å²) >= 11 is 0. The molecule has 1 saturated heterocycles. The Balaban J connectivity index is 0.000000868. The third-order valence-corrected chi connectivity index (χ3v) is 6.40. The van der Waals surface area contributed by atoms with E-state index in [0.717, 1.165) is 42.3 Å². The van der Waals surface area contributed by atoms with Gasteiger partial charge in [-0.25, -0.2) is 9.97 Å². The number of rotatable bonds is 7. The van der Waals surface area contributed by atoms with Crippen molar-refractivity contribution in [3.63, 3.8) is 0 Å². The van der Waals surface area contributed by atoms with Gasteiger partial charge in [-0.15, -0.1) is 0 Å². The first-order valence-electron chi connectivity index (χ1n) is 12.0. The van der Waals surface area contributed by atoms with Crippen LogP contribution < -0.4 is 5.32 Å². The lowest BCUT2D eigenvalue weighted by Crippen LogP contribution is -2.31. The summed E-state index contributed by atoms with van der Waals surface area (Å²) < 4.78 is 0. The fraction of sp³-hybridized carbons (Fsp3) is 0.407. The molecule has 1 aromatic carbocycles. The van der Waals surface area contributed by atoms with Crippen molar-refractivity contribution in [2.45, 2.75) is 45.4 Å². The van der Waals surface area contributed by atoms with Crippen LogP contribution in [0, 0.1) is 6.92 Å². The quantitative estimate of drug-likeness (QED) is 0.419. The largest absolute Gasteiger partial charge is 0.373 e. The highest BCUT2D eigenvalue weighted by atomic mass is 16.2. The fourth-order valence-corrected chi connectivity index (χ4v) is 4.85. The number of hydrogen-bond acceptors (Lipinski definition) is 7. The number of likely N-dealkylation sites (tertiary alicyclic amines) is 1. The molecule has 34 heavy (non-hydrogen) atoms. The van der Waals surface area contributed by atoms with Crippen LogP contribution in [-0.4, -0.2) is 52.2 Å². The van der Waals surface area contributed by atoms with Gasteiger partial charge in [-0.1, -0.05) is 36.2 Å². The van der Waals surface area contributed by atoms with Gasteiger partial charge in [-0.2, -0.15) is 9.59 Å². The molecule has 2 aromatic heterocycles. The van der Waals surface area contributed by atoms with Gasteiger partial charge in [0.05, 0.1) is 5.69 Å². The molecule has 7 nitrogen and oxygen atoms in total. The number of aromatic nitrogens is 3. The van der Waals surface area contributed by atoms with Crippen LogP contribution >= 0.6 is 0 Å². The van der Waals surface area contributed by atoms with Crippen molar-refractivity contribution in [3.05, 3.63) is 70.9 Å². The molecule has 0 amide bonds. The molecule has 0 spiro atoms. The Morgan fingerprint density at radius 1 is 1.09 bits per heavy atom. The van der Waals surface area contributed by atoms with Crippen molar-refractivity contribution in [3.8, 4) is 11.1 Å². The predicted molar refractivity (Wildman–Crippen MR) is 130 cm³/mol. The maximum atomic E-state index is 8.12. The minimum atomic E-state index is 0.250. The normalized spacial score (nSPS) is 14.4. The zero-order valence-corrected chi connectivity index (χ0v) is 19.7. The molecular weight excluding hydrogens is 426 g/mol. The van der Waals surface area contributed by atoms with Gasteiger partial charge in [-0.3, -0.25) is 4.98 Å². The Morgan fingerprint density at radius 2 is 1.91 bits per heavy atom. The second-order valence-corrected chi connectivity index (χ2v) is 8.95. The molecule has 1 N–H and O–H groups in total. The van der Waals surface area contributed by atoms with Crippen molar-refractivity contribution in [1.29, 1.82) is 0 Å². The lowest BCUT2D eigenvalue weighted by atomic mass is 10.0. The maximum absolute atomic E-state index is 8.12. The van der Waals surface area contributed by atoms with Crippen LogP contribution in [0.25, 0.3) is 11.1 Å². The third kappa shape index (κ3) is 5.93. The van der Waals surface area contributed by atoms with Crippen LogP contribution in [0.2, 0.25) is 0 Å². The molecule has 3 heterocycles. The van der Waals surface area contributed by atoms with E-state index in [2.05, 4.69) is 46.4 Å². The molecule has 1 fully saturated rings. The first-order valence-corrected chi connectivity index (χ1v) is 12.0. The fourth-order valence-electron chi connectivity index (χ4n) is 4.85. The molecule has 7 heteroatoms. The van der Waals surface area contributed by atoms with E-state index in [9.17, 15) is 0 Å². The highest BCUT2D eigenvalue weighted by Gasteiger charge is 2.25. The number of fused-ring (bicyclic) bond motifs is 3. The number of benzene rings is 1. The minimum absolute atomic E-state index is 0.250. The van der Waals surface area contributed by atoms with E-state index >= 15 is 0 Å². The highest BCUT2D eigenvalue weighted by molar-refractivity contribution is 5.84. The van der Waals surface area contributed by atoms with E-state index in [4.69, 9.17) is 19.6 Å². The minimum Gasteiger partial charge on any atom is -0.369 e. The number of pyridine rings is 1. The summed E-state index contributed by atoms with van der Waals surface area (Å²) in [5, 5.41) is 3.67. The average Bonchev–Trinajstić information content (AvgIpc) is 3.21. The van der Waals surface area contributed by atoms with E-state index in [0.29, 0.717) is 6.42 Å². The Morgan fingerprint density at radius 3 is 2.68 bits per heavy atom. The smallest absolute Gasteiger partial charge is 0.369 e. The van der Waals surface area contributed by atoms with Crippen LogP contribution in [-0.2, 0) is 22.4 Å². The van der Waals surface area contributed by atoms with E-state index in [-0.39, 0.29) is 6.15 Å². The molecule has 2 aliphatic rings. The first kappa shape index (κ1) is 23.7. The maximum Gasteiger partial charge on any atom is 0.373 e. The van der Waals surface area contributed by atoms with E-state index in [1.807, 2.05) is 12.3 Å². The summed E-state index contributed by atoms with van der Waals surface area (Å²) in [5.41, 5.74) is 7.43. The molecule has 1 aliphatic heterocycles. The van der Waals surface area contributed by atoms with Crippen molar-refractivity contribution in [1.82, 2.24) is 19.9 Å². The van der Waals surface area contributed by atoms with Gasteiger partial charge >= 0.3 is 6.15 Å². The van der Waals surface area contributed by atoms with Crippen LogP contribution in [0.15, 0.2) is 42.7 Å². The summed E-state index contributed by atoms with van der Waals surface area (Å²) in [4.78, 5) is 33.0. The van der Waals surface area contributed by atoms with Gasteiger partial charge in [0.25, 0.3) is 0 Å². The van der Waals surface area contributed by atoms with Gasteiger partial charge in [0.1, 0.15) is 11.6 Å². The van der Waals surface area contributed by atoms with Gasteiger partial charge < -0.3 is 10.2 Å². The second-order valence-electron chi connectivity index (χ2n) is 8.95. The summed E-state index contributed by atoms with van der Waals surface area (Å²) in [5.74, 6) is 1.86. The topological polar surface area (TPSA) is 88.1 Å². The molecule has 1 aliphatic carbocycles. The Labute approximate surface area is 200 Å². The van der Waals surface area contributed by atoms with Crippen molar-refractivity contribution in [2.24, 2.45) is 0 Å². The Hall–Kier alpha value is -3.41. The molecule has 3 aromatic rings. The van der Waals surface area contributed by atoms with Gasteiger partial charge in [-0.05, 0) is 68.6 Å². The molecule has 176 valence electrons. The molecule has 0 atom stereocenters. The van der Waals surface area contributed by atoms with Crippen molar-refractivity contribution < 1.29 is 9.59 Å². The number of nitrogens with one attached hydrogen (secondary N) is 1. The summed E-state index contributed by atoms with van der Waals surface area (Å²) in [6.45, 7) is 6.77. The Bertz CT molecular complexity index is 1140. The average molecular weight is 458 g/mol. The number of carbonyl (C=O) groups excluding carboxylic acids is 2. The number of piperidine rings is 1. The van der Waals surface area contributed by atoms with Crippen LogP contribution in [0.4, 0.5) is 5.82 Å². The zero-order valence-electron chi connectivity index (χ0n) is 19.7. The van der Waals surface area contributed by atoms with E-state index in [1.165, 1.54) is 61.2 Å². The Kier molecular flexibility index (Phi) is 8.12. The summed E-state index contributed by atoms with van der Waals surface area (Å²) in [6, 6.07) is 10.8. The molecule has 0 saturated carbocycles. The summed E-state index contributed by atoms with van der Waals surface area (Å²) in [6.07, 6.45) is 10.8. The monoisotopic (exact) mass is 457 g/mol. The molecular formula is C27H31N5O2. The highest BCUT2D eigenvalue weighted by Crippen LogP contribution is 2.40. The number of aryl methyl sites for hydroxylation is 1. The lowest BCUT2D eigenvalue weighted by Gasteiger charge is -2.26. The predicted octanol–water partition coefficient (Wildman–Crippen LogP) is 4.05. The van der Waals surface area contributed by atoms with Gasteiger partial charge in [0.2, 0.25) is 0 Å². The van der Waals surface area contributed by atoms with E-state index < -0.39 is 0 Å². The number of hydrogen-bond donors (Lipinski definition) is 1. The van der Waals surface area contributed by atoms with Crippen LogP contribution in [0.5, 0.6) is 0 Å². The van der Waals surface area contributed by atoms with Gasteiger partial charge in [0.15, 0.2) is 0 Å². The van der Waals surface area contributed by atoms with Crippen LogP contribution in [0.1, 0.15) is 53.9 Å². The first-order chi connectivity index (χ1) is 16.7. The molecule has 0 radical (unpaired) electrons. The lowest BCUT2D eigenvalue weighted by molar-refractivity contribution is -0.191. The third-order valence-electron chi connectivity index (χ3n) is 6.40. The molecule has 0 unspecified atom stereocenters. The number of anilines is 1.